The molecule has 2 amide bonds. The molecule has 0 saturated heterocycles. The number of nitrogens with one attached hydrogen (secondary N) is 2. The first-order valence-corrected chi connectivity index (χ1v) is 5.35. The van der Waals surface area contributed by atoms with Gasteiger partial charge in [0.05, 0.1) is 18.0 Å². The summed E-state index contributed by atoms with van der Waals surface area (Å²) >= 11 is 0. The van der Waals surface area contributed by atoms with E-state index in [1.807, 2.05) is 6.92 Å². The van der Waals surface area contributed by atoms with Crippen LogP contribution >= 0.6 is 0 Å². The summed E-state index contributed by atoms with van der Waals surface area (Å²) in [6.07, 6.45) is 4.29. The van der Waals surface area contributed by atoms with Crippen LogP contribution in [-0.2, 0) is 0 Å². The number of aliphatic hydroxyl groups excluding tert-OH is 1. The lowest BCUT2D eigenvalue weighted by molar-refractivity contribution is 0.162. The Hall–Kier alpha value is -1.62. The Labute approximate surface area is 94.9 Å². The summed E-state index contributed by atoms with van der Waals surface area (Å²) in [5.41, 5.74) is 0.630. The van der Waals surface area contributed by atoms with Gasteiger partial charge in [-0.15, -0.1) is 0 Å². The highest BCUT2D eigenvalue weighted by Gasteiger charge is 2.05. The van der Waals surface area contributed by atoms with Crippen LogP contribution in [0, 0.1) is 0 Å². The van der Waals surface area contributed by atoms with Crippen LogP contribution in [0.15, 0.2) is 24.5 Å². The molecule has 0 spiro atoms. The Morgan fingerprint density at radius 3 is 3.06 bits per heavy atom. The fourth-order valence-corrected chi connectivity index (χ4v) is 1.26. The average molecular weight is 223 g/mol. The summed E-state index contributed by atoms with van der Waals surface area (Å²) in [5.74, 6) is 0. The van der Waals surface area contributed by atoms with Crippen molar-refractivity contribution >= 4 is 11.7 Å². The largest absolute Gasteiger partial charge is 0.391 e. The molecule has 88 valence electrons. The van der Waals surface area contributed by atoms with Crippen LogP contribution in [0.4, 0.5) is 10.5 Å². The second kappa shape index (κ2) is 6.79. The fourth-order valence-electron chi connectivity index (χ4n) is 1.26. The molecule has 0 aromatic carbocycles. The van der Waals surface area contributed by atoms with Gasteiger partial charge in [0.2, 0.25) is 0 Å². The molecule has 1 rings (SSSR count). The topological polar surface area (TPSA) is 74.2 Å². The van der Waals surface area contributed by atoms with Crippen LogP contribution in [0.2, 0.25) is 0 Å². The summed E-state index contributed by atoms with van der Waals surface area (Å²) < 4.78 is 0. The minimum absolute atomic E-state index is 0.264. The molecule has 1 aromatic heterocycles. The summed E-state index contributed by atoms with van der Waals surface area (Å²) in [4.78, 5) is 15.2. The number of urea groups is 1. The summed E-state index contributed by atoms with van der Waals surface area (Å²) in [5, 5.41) is 14.6. The molecular weight excluding hydrogens is 206 g/mol. The molecule has 0 aliphatic carbocycles. The second-order valence-corrected chi connectivity index (χ2v) is 3.52. The van der Waals surface area contributed by atoms with Gasteiger partial charge in [-0.25, -0.2) is 4.79 Å². The molecule has 16 heavy (non-hydrogen) atoms. The number of carbonyl (C=O) groups excluding carboxylic acids is 1. The first-order valence-electron chi connectivity index (χ1n) is 5.35. The molecule has 3 N–H and O–H groups in total. The van der Waals surface area contributed by atoms with E-state index in [9.17, 15) is 9.90 Å². The number of aliphatic hydroxyl groups is 1. The van der Waals surface area contributed by atoms with Crippen LogP contribution < -0.4 is 10.6 Å². The highest BCUT2D eigenvalue weighted by molar-refractivity contribution is 5.88. The van der Waals surface area contributed by atoms with Gasteiger partial charge in [0.15, 0.2) is 0 Å². The Morgan fingerprint density at radius 2 is 2.44 bits per heavy atom. The lowest BCUT2D eigenvalue weighted by atomic mass is 10.2. The number of hydrogen-bond acceptors (Lipinski definition) is 3. The van der Waals surface area contributed by atoms with E-state index in [1.165, 1.54) is 0 Å². The van der Waals surface area contributed by atoms with Crippen molar-refractivity contribution in [3.63, 3.8) is 0 Å². The number of nitrogens with zero attached hydrogens (tertiary/aromatic N) is 1. The molecule has 1 unspecified atom stereocenters. The predicted octanol–water partition coefficient (Wildman–Crippen LogP) is 1.36. The third-order valence-corrected chi connectivity index (χ3v) is 2.04. The Kier molecular flexibility index (Phi) is 5.28. The molecule has 1 atom stereocenters. The van der Waals surface area contributed by atoms with Crippen LogP contribution in [0.25, 0.3) is 0 Å². The maximum Gasteiger partial charge on any atom is 0.319 e. The zero-order chi connectivity index (χ0) is 11.8. The van der Waals surface area contributed by atoms with Crippen molar-refractivity contribution in [3.8, 4) is 0 Å². The monoisotopic (exact) mass is 223 g/mol. The smallest absolute Gasteiger partial charge is 0.319 e. The third-order valence-electron chi connectivity index (χ3n) is 2.04. The minimum Gasteiger partial charge on any atom is -0.391 e. The van der Waals surface area contributed by atoms with Crippen molar-refractivity contribution in [2.75, 3.05) is 11.9 Å². The van der Waals surface area contributed by atoms with Crippen LogP contribution in [0.3, 0.4) is 0 Å². The van der Waals surface area contributed by atoms with E-state index < -0.39 is 6.10 Å². The zero-order valence-corrected chi connectivity index (χ0v) is 9.31. The highest BCUT2D eigenvalue weighted by atomic mass is 16.3. The first-order chi connectivity index (χ1) is 7.72. The minimum atomic E-state index is -0.482. The molecule has 0 aliphatic heterocycles. The van der Waals surface area contributed by atoms with E-state index >= 15 is 0 Å². The summed E-state index contributed by atoms with van der Waals surface area (Å²) in [7, 11) is 0. The van der Waals surface area contributed by atoms with Crippen molar-refractivity contribution in [2.45, 2.75) is 25.9 Å². The normalized spacial score (nSPS) is 11.9. The van der Waals surface area contributed by atoms with Crippen molar-refractivity contribution in [1.82, 2.24) is 10.3 Å². The molecule has 0 bridgehead atoms. The number of rotatable bonds is 5. The van der Waals surface area contributed by atoms with Gasteiger partial charge in [0.25, 0.3) is 0 Å². The molecule has 0 saturated carbocycles. The third kappa shape index (κ3) is 4.75. The molecule has 0 aliphatic rings. The maximum absolute atomic E-state index is 11.4. The molecule has 0 fully saturated rings. The predicted molar refractivity (Wildman–Crippen MR) is 62.2 cm³/mol. The van der Waals surface area contributed by atoms with Gasteiger partial charge in [0, 0.05) is 12.7 Å². The standard InChI is InChI=1S/C11H17N3O2/c1-2-4-10(15)8-13-11(16)14-9-5-3-6-12-7-9/h3,5-7,10,15H,2,4,8H2,1H3,(H2,13,14,16). The van der Waals surface area contributed by atoms with Crippen LogP contribution in [0.5, 0.6) is 0 Å². The average Bonchev–Trinajstić information content (AvgIpc) is 2.28. The molecular formula is C11H17N3O2. The Bertz CT molecular complexity index is 316. The quantitative estimate of drug-likeness (QED) is 0.705. The van der Waals surface area contributed by atoms with Crippen LogP contribution in [-0.4, -0.2) is 28.8 Å². The Balaban J connectivity index is 2.26. The van der Waals surface area contributed by atoms with E-state index in [2.05, 4.69) is 15.6 Å². The van der Waals surface area contributed by atoms with Crippen molar-refractivity contribution < 1.29 is 9.90 Å². The SMILES string of the molecule is CCCC(O)CNC(=O)Nc1cccnc1. The highest BCUT2D eigenvalue weighted by Crippen LogP contribution is 2.01. The lowest BCUT2D eigenvalue weighted by Gasteiger charge is -2.11. The Morgan fingerprint density at radius 1 is 1.62 bits per heavy atom. The van der Waals surface area contributed by atoms with E-state index in [1.54, 1.807) is 24.5 Å². The molecule has 1 heterocycles. The van der Waals surface area contributed by atoms with Crippen LogP contribution in [0.1, 0.15) is 19.8 Å². The fraction of sp³-hybridized carbons (Fsp3) is 0.455. The number of hydrogen-bond donors (Lipinski definition) is 3. The lowest BCUT2D eigenvalue weighted by Crippen LogP contribution is -2.35. The number of pyridine rings is 1. The van der Waals surface area contributed by atoms with E-state index in [0.29, 0.717) is 12.1 Å². The summed E-state index contributed by atoms with van der Waals surface area (Å²) in [6.45, 7) is 2.25. The first kappa shape index (κ1) is 12.4. The summed E-state index contributed by atoms with van der Waals surface area (Å²) in [6, 6.07) is 3.15. The maximum atomic E-state index is 11.4. The number of carbonyl (C=O) groups is 1. The number of aromatic nitrogens is 1. The number of anilines is 1. The molecule has 5 nitrogen and oxygen atoms in total. The van der Waals surface area contributed by atoms with Gasteiger partial charge >= 0.3 is 6.03 Å². The zero-order valence-electron chi connectivity index (χ0n) is 9.31. The molecule has 1 aromatic rings. The number of amides is 2. The second-order valence-electron chi connectivity index (χ2n) is 3.52. The molecule has 0 radical (unpaired) electrons. The van der Waals surface area contributed by atoms with Crippen molar-refractivity contribution in [3.05, 3.63) is 24.5 Å². The van der Waals surface area contributed by atoms with Gasteiger partial charge in [-0.2, -0.15) is 0 Å². The van der Waals surface area contributed by atoms with E-state index in [0.717, 1.165) is 6.42 Å². The van der Waals surface area contributed by atoms with Gasteiger partial charge < -0.3 is 15.7 Å². The molecule has 5 heteroatoms. The van der Waals surface area contributed by atoms with Crippen molar-refractivity contribution in [2.24, 2.45) is 0 Å². The van der Waals surface area contributed by atoms with Gasteiger partial charge in [-0.05, 0) is 18.6 Å². The van der Waals surface area contributed by atoms with Gasteiger partial charge in [-0.3, -0.25) is 4.98 Å². The van der Waals surface area contributed by atoms with Gasteiger partial charge in [0.1, 0.15) is 0 Å². The van der Waals surface area contributed by atoms with Crippen molar-refractivity contribution in [1.29, 1.82) is 0 Å². The van der Waals surface area contributed by atoms with Gasteiger partial charge in [-0.1, -0.05) is 13.3 Å². The van der Waals surface area contributed by atoms with E-state index in [4.69, 9.17) is 0 Å². The van der Waals surface area contributed by atoms with E-state index in [-0.39, 0.29) is 12.6 Å².